The van der Waals surface area contributed by atoms with Gasteiger partial charge in [0, 0.05) is 23.1 Å². The average molecular weight is 578 g/mol. The molecule has 38 heavy (non-hydrogen) atoms. The predicted octanol–water partition coefficient (Wildman–Crippen LogP) is 5.43. The van der Waals surface area contributed by atoms with Crippen molar-refractivity contribution in [3.05, 3.63) is 99.0 Å². The molecule has 0 unspecified atom stereocenters. The van der Waals surface area contributed by atoms with Gasteiger partial charge in [-0.3, -0.25) is 14.5 Å². The maximum absolute atomic E-state index is 13.0. The van der Waals surface area contributed by atoms with Crippen molar-refractivity contribution in [2.75, 3.05) is 38.2 Å². The number of carbonyl (C=O) groups is 2. The zero-order valence-corrected chi connectivity index (χ0v) is 23.2. The van der Waals surface area contributed by atoms with E-state index in [0.717, 1.165) is 67.7 Å². The van der Waals surface area contributed by atoms with E-state index < -0.39 is 5.91 Å². The maximum atomic E-state index is 13.0. The van der Waals surface area contributed by atoms with E-state index in [1.54, 1.807) is 24.4 Å². The summed E-state index contributed by atoms with van der Waals surface area (Å²) in [5.74, 6) is -0.693. The van der Waals surface area contributed by atoms with E-state index in [-0.39, 0.29) is 5.91 Å². The molecule has 3 aromatic rings. The average Bonchev–Trinajstić information content (AvgIpc) is 2.93. The van der Waals surface area contributed by atoms with Crippen molar-refractivity contribution < 1.29 is 14.3 Å². The molecule has 198 valence electrons. The van der Waals surface area contributed by atoms with Crippen LogP contribution in [0.5, 0.6) is 0 Å². The van der Waals surface area contributed by atoms with Crippen molar-refractivity contribution >= 4 is 39.6 Å². The van der Waals surface area contributed by atoms with Crippen molar-refractivity contribution in [2.24, 2.45) is 5.10 Å². The number of hydrazone groups is 1. The number of nitrogens with zero attached hydrogens (tertiary/aromatic N) is 2. The Labute approximate surface area is 232 Å². The molecule has 2 amide bonds. The highest BCUT2D eigenvalue weighted by atomic mass is 79.9. The molecule has 1 aliphatic heterocycles. The highest BCUT2D eigenvalue weighted by Crippen LogP contribution is 2.22. The van der Waals surface area contributed by atoms with Crippen LogP contribution in [0, 0.1) is 6.92 Å². The molecular formula is C30H33BrN4O3. The first-order chi connectivity index (χ1) is 18.5. The summed E-state index contributed by atoms with van der Waals surface area (Å²) in [4.78, 5) is 28.3. The number of amides is 2. The van der Waals surface area contributed by atoms with Gasteiger partial charge < -0.3 is 10.1 Å². The molecule has 0 atom stereocenters. The summed E-state index contributed by atoms with van der Waals surface area (Å²) < 4.78 is 6.12. The van der Waals surface area contributed by atoms with E-state index >= 15 is 0 Å². The third-order valence-electron chi connectivity index (χ3n) is 6.41. The molecule has 0 aliphatic carbocycles. The number of ether oxygens (including phenoxy) is 1. The minimum absolute atomic E-state index is 0.275. The second-order valence-electron chi connectivity index (χ2n) is 9.37. The van der Waals surface area contributed by atoms with Gasteiger partial charge in [-0.15, -0.1) is 0 Å². The molecule has 7 nitrogen and oxygen atoms in total. The highest BCUT2D eigenvalue weighted by molar-refractivity contribution is 9.10. The second-order valence-corrected chi connectivity index (χ2v) is 10.3. The number of carbonyl (C=O) groups excluding carboxylic acids is 2. The summed E-state index contributed by atoms with van der Waals surface area (Å²) >= 11 is 3.41. The highest BCUT2D eigenvalue weighted by Gasteiger charge is 2.15. The Hall–Kier alpha value is -3.33. The Balaban J connectivity index is 1.31. The van der Waals surface area contributed by atoms with Crippen molar-refractivity contribution in [3.8, 4) is 0 Å². The SMILES string of the molecule is Cc1cccc(/C=N/NC(=O)c2cc(Br)ccc2NC(=O)c2ccc(CCCCN3CCOCC3)cc2)c1. The standard InChI is InChI=1S/C30H33BrN4O3/c1-22-5-4-7-24(19-22)21-32-34-30(37)27-20-26(31)12-13-28(27)33-29(36)25-10-8-23(9-11-25)6-2-3-14-35-15-17-38-18-16-35/h4-5,7-13,19-21H,2-3,6,14-18H2,1H3,(H,33,36)(H,34,37)/b32-21+. The summed E-state index contributed by atoms with van der Waals surface area (Å²) in [5.41, 5.74) is 7.00. The van der Waals surface area contributed by atoms with Gasteiger partial charge in [0.25, 0.3) is 11.8 Å². The number of halogens is 1. The van der Waals surface area contributed by atoms with Gasteiger partial charge in [-0.05, 0) is 74.2 Å². The molecule has 0 spiro atoms. The van der Waals surface area contributed by atoms with E-state index in [1.165, 1.54) is 5.56 Å². The first-order valence-corrected chi connectivity index (χ1v) is 13.7. The zero-order chi connectivity index (χ0) is 26.7. The number of anilines is 1. The van der Waals surface area contributed by atoms with Crippen molar-refractivity contribution in [1.82, 2.24) is 10.3 Å². The van der Waals surface area contributed by atoms with Gasteiger partial charge in [0.1, 0.15) is 0 Å². The van der Waals surface area contributed by atoms with Crippen LogP contribution in [0.3, 0.4) is 0 Å². The number of rotatable bonds is 10. The number of hydrogen-bond acceptors (Lipinski definition) is 5. The summed E-state index contributed by atoms with van der Waals surface area (Å²) in [6.07, 6.45) is 4.82. The van der Waals surface area contributed by atoms with Gasteiger partial charge in [-0.25, -0.2) is 5.43 Å². The second kappa shape index (κ2) is 14.0. The van der Waals surface area contributed by atoms with E-state index in [0.29, 0.717) is 16.8 Å². The molecule has 2 N–H and O–H groups in total. The lowest BCUT2D eigenvalue weighted by atomic mass is 10.1. The van der Waals surface area contributed by atoms with Gasteiger partial charge in [0.05, 0.1) is 30.7 Å². The van der Waals surface area contributed by atoms with Gasteiger partial charge in [-0.1, -0.05) is 57.9 Å². The Bertz CT molecular complexity index is 1270. The van der Waals surface area contributed by atoms with Crippen LogP contribution >= 0.6 is 15.9 Å². The molecule has 4 rings (SSSR count). The van der Waals surface area contributed by atoms with Crippen LogP contribution in [0.4, 0.5) is 5.69 Å². The van der Waals surface area contributed by atoms with Gasteiger partial charge in [0.2, 0.25) is 0 Å². The number of benzene rings is 3. The van der Waals surface area contributed by atoms with E-state index in [2.05, 4.69) is 36.7 Å². The lowest BCUT2D eigenvalue weighted by Crippen LogP contribution is -2.36. The number of unbranched alkanes of at least 4 members (excludes halogenated alkanes) is 1. The van der Waals surface area contributed by atoms with Gasteiger partial charge in [-0.2, -0.15) is 5.10 Å². The number of hydrogen-bond donors (Lipinski definition) is 2. The Morgan fingerprint density at radius 3 is 2.55 bits per heavy atom. The van der Waals surface area contributed by atoms with Crippen LogP contribution in [0.1, 0.15) is 50.2 Å². The lowest BCUT2D eigenvalue weighted by Gasteiger charge is -2.26. The normalized spacial score (nSPS) is 13.9. The fourth-order valence-electron chi connectivity index (χ4n) is 4.30. The van der Waals surface area contributed by atoms with Crippen LogP contribution in [0.25, 0.3) is 0 Å². The number of morpholine rings is 1. The van der Waals surface area contributed by atoms with E-state index in [4.69, 9.17) is 4.74 Å². The number of aryl methyl sites for hydroxylation is 2. The maximum Gasteiger partial charge on any atom is 0.273 e. The molecule has 1 saturated heterocycles. The Morgan fingerprint density at radius 2 is 1.79 bits per heavy atom. The largest absolute Gasteiger partial charge is 0.379 e. The predicted molar refractivity (Wildman–Crippen MR) is 155 cm³/mol. The van der Waals surface area contributed by atoms with Crippen LogP contribution in [0.15, 0.2) is 76.3 Å². The minimum atomic E-state index is -0.419. The fraction of sp³-hybridized carbons (Fsp3) is 0.300. The molecule has 1 aliphatic rings. The first-order valence-electron chi connectivity index (χ1n) is 12.9. The van der Waals surface area contributed by atoms with Crippen molar-refractivity contribution in [2.45, 2.75) is 26.2 Å². The van der Waals surface area contributed by atoms with Crippen molar-refractivity contribution in [3.63, 3.8) is 0 Å². The Kier molecular flexibility index (Phi) is 10.2. The van der Waals surface area contributed by atoms with Gasteiger partial charge >= 0.3 is 0 Å². The number of nitrogens with one attached hydrogen (secondary N) is 2. The fourth-order valence-corrected chi connectivity index (χ4v) is 4.66. The summed E-state index contributed by atoms with van der Waals surface area (Å²) in [6, 6.07) is 20.6. The molecule has 1 fully saturated rings. The topological polar surface area (TPSA) is 83.0 Å². The third-order valence-corrected chi connectivity index (χ3v) is 6.90. The molecule has 8 heteroatoms. The van der Waals surface area contributed by atoms with Crippen LogP contribution < -0.4 is 10.7 Å². The summed E-state index contributed by atoms with van der Waals surface area (Å²) in [5, 5.41) is 6.94. The molecule has 3 aromatic carbocycles. The van der Waals surface area contributed by atoms with Crippen LogP contribution in [-0.4, -0.2) is 55.8 Å². The lowest BCUT2D eigenvalue weighted by molar-refractivity contribution is 0.0372. The molecule has 0 radical (unpaired) electrons. The smallest absolute Gasteiger partial charge is 0.273 e. The van der Waals surface area contributed by atoms with Crippen LogP contribution in [0.2, 0.25) is 0 Å². The van der Waals surface area contributed by atoms with Gasteiger partial charge in [0.15, 0.2) is 0 Å². The molecular weight excluding hydrogens is 544 g/mol. The zero-order valence-electron chi connectivity index (χ0n) is 21.6. The minimum Gasteiger partial charge on any atom is -0.379 e. The summed E-state index contributed by atoms with van der Waals surface area (Å²) in [7, 11) is 0. The molecule has 0 bridgehead atoms. The monoisotopic (exact) mass is 576 g/mol. The first kappa shape index (κ1) is 27.7. The molecule has 0 saturated carbocycles. The van der Waals surface area contributed by atoms with Crippen molar-refractivity contribution in [1.29, 1.82) is 0 Å². The Morgan fingerprint density at radius 1 is 1.00 bits per heavy atom. The third kappa shape index (κ3) is 8.34. The summed E-state index contributed by atoms with van der Waals surface area (Å²) in [6.45, 7) is 6.80. The van der Waals surface area contributed by atoms with Crippen LogP contribution in [-0.2, 0) is 11.2 Å². The molecule has 0 aromatic heterocycles. The van der Waals surface area contributed by atoms with E-state index in [9.17, 15) is 9.59 Å². The quantitative estimate of drug-likeness (QED) is 0.191. The molecule has 1 heterocycles. The van der Waals surface area contributed by atoms with E-state index in [1.807, 2.05) is 55.5 Å².